The van der Waals surface area contributed by atoms with Crippen molar-refractivity contribution in [3.05, 3.63) is 26.8 Å². The average Bonchev–Trinajstić information content (AvgIpc) is 2.14. The Morgan fingerprint density at radius 1 is 1.47 bits per heavy atom. The molecule has 82 valence electrons. The van der Waals surface area contributed by atoms with Crippen LogP contribution in [0.3, 0.4) is 0 Å². The molecule has 0 aliphatic rings. The minimum Gasteiger partial charge on any atom is -0.382 e. The highest BCUT2D eigenvalue weighted by atomic mass is 127. The number of nitrogens with one attached hydrogen (secondary N) is 2. The number of halogens is 2. The Bertz CT molecular complexity index is 357. The third kappa shape index (κ3) is 4.70. The lowest BCUT2D eigenvalue weighted by Gasteiger charge is -2.08. The van der Waals surface area contributed by atoms with Gasteiger partial charge in [-0.1, -0.05) is 11.6 Å². The van der Waals surface area contributed by atoms with Crippen molar-refractivity contribution in [1.29, 1.82) is 0 Å². The largest absolute Gasteiger partial charge is 0.382 e. The van der Waals surface area contributed by atoms with Gasteiger partial charge in [-0.25, -0.2) is 0 Å². The van der Waals surface area contributed by atoms with Crippen LogP contribution in [0.25, 0.3) is 0 Å². The Morgan fingerprint density at radius 2 is 2.20 bits per heavy atom. The zero-order valence-corrected chi connectivity index (χ0v) is 11.2. The average molecular weight is 339 g/mol. The highest BCUT2D eigenvalue weighted by Gasteiger charge is 1.99. The SMILES string of the molecule is CC(=O)NCCNc1ccc(Cl)cc1I. The first-order chi connectivity index (χ1) is 7.09. The van der Waals surface area contributed by atoms with Crippen molar-refractivity contribution in [3.8, 4) is 0 Å². The van der Waals surface area contributed by atoms with Gasteiger partial charge in [0.25, 0.3) is 0 Å². The number of carbonyl (C=O) groups excluding carboxylic acids is 1. The fraction of sp³-hybridized carbons (Fsp3) is 0.300. The summed E-state index contributed by atoms with van der Waals surface area (Å²) in [4.78, 5) is 10.6. The third-order valence-corrected chi connectivity index (χ3v) is 2.87. The first-order valence-corrected chi connectivity index (χ1v) is 5.98. The maximum atomic E-state index is 10.6. The lowest BCUT2D eigenvalue weighted by molar-refractivity contribution is -0.118. The maximum absolute atomic E-state index is 10.6. The van der Waals surface area contributed by atoms with E-state index < -0.39 is 0 Å². The molecule has 5 heteroatoms. The van der Waals surface area contributed by atoms with Gasteiger partial charge in [0.05, 0.1) is 0 Å². The summed E-state index contributed by atoms with van der Waals surface area (Å²) >= 11 is 8.05. The second-order valence-electron chi connectivity index (χ2n) is 3.03. The van der Waals surface area contributed by atoms with Gasteiger partial charge in [0.1, 0.15) is 0 Å². The van der Waals surface area contributed by atoms with Crippen molar-refractivity contribution in [1.82, 2.24) is 5.32 Å². The van der Waals surface area contributed by atoms with Crippen LogP contribution in [0.15, 0.2) is 18.2 Å². The molecule has 0 spiro atoms. The monoisotopic (exact) mass is 338 g/mol. The molecule has 3 nitrogen and oxygen atoms in total. The van der Waals surface area contributed by atoms with Gasteiger partial charge in [0.15, 0.2) is 0 Å². The lowest BCUT2D eigenvalue weighted by Crippen LogP contribution is -2.26. The number of anilines is 1. The van der Waals surface area contributed by atoms with E-state index in [-0.39, 0.29) is 5.91 Å². The van der Waals surface area contributed by atoms with Crippen molar-refractivity contribution in [2.75, 3.05) is 18.4 Å². The highest BCUT2D eigenvalue weighted by Crippen LogP contribution is 2.21. The number of carbonyl (C=O) groups is 1. The molecule has 1 rings (SSSR count). The minimum absolute atomic E-state index is 0.0115. The van der Waals surface area contributed by atoms with E-state index in [1.807, 2.05) is 18.2 Å². The van der Waals surface area contributed by atoms with E-state index >= 15 is 0 Å². The molecule has 0 saturated heterocycles. The molecule has 0 saturated carbocycles. The molecule has 1 amide bonds. The molecule has 0 radical (unpaired) electrons. The Balaban J connectivity index is 2.40. The first-order valence-electron chi connectivity index (χ1n) is 4.53. The molecule has 0 aromatic heterocycles. The van der Waals surface area contributed by atoms with Crippen LogP contribution in [0.4, 0.5) is 5.69 Å². The van der Waals surface area contributed by atoms with Gasteiger partial charge < -0.3 is 10.6 Å². The van der Waals surface area contributed by atoms with Gasteiger partial charge in [0, 0.05) is 34.3 Å². The molecule has 0 aliphatic carbocycles. The molecule has 0 aliphatic heterocycles. The summed E-state index contributed by atoms with van der Waals surface area (Å²) in [5.41, 5.74) is 1.03. The molecule has 2 N–H and O–H groups in total. The Hall–Kier alpha value is -0.490. The van der Waals surface area contributed by atoms with E-state index in [0.717, 1.165) is 14.3 Å². The van der Waals surface area contributed by atoms with E-state index in [9.17, 15) is 4.79 Å². The second-order valence-corrected chi connectivity index (χ2v) is 4.63. The van der Waals surface area contributed by atoms with Gasteiger partial charge in [0.2, 0.25) is 5.91 Å². The molecule has 0 atom stereocenters. The molecule has 0 bridgehead atoms. The summed E-state index contributed by atoms with van der Waals surface area (Å²) in [6.45, 7) is 2.83. The summed E-state index contributed by atoms with van der Waals surface area (Å²) in [6, 6.07) is 5.66. The molecular formula is C10H12ClIN2O. The summed E-state index contributed by atoms with van der Waals surface area (Å²) < 4.78 is 1.07. The zero-order chi connectivity index (χ0) is 11.3. The highest BCUT2D eigenvalue weighted by molar-refractivity contribution is 14.1. The number of benzene rings is 1. The normalized spacial score (nSPS) is 9.80. The van der Waals surface area contributed by atoms with Gasteiger partial charge in [-0.3, -0.25) is 4.79 Å². The molecule has 0 unspecified atom stereocenters. The molecule has 0 fully saturated rings. The fourth-order valence-electron chi connectivity index (χ4n) is 1.07. The van der Waals surface area contributed by atoms with E-state index in [0.29, 0.717) is 13.1 Å². The fourth-order valence-corrected chi connectivity index (χ4v) is 2.13. The van der Waals surface area contributed by atoms with Gasteiger partial charge in [-0.2, -0.15) is 0 Å². The second kappa shape index (κ2) is 6.17. The van der Waals surface area contributed by atoms with Crippen LogP contribution in [-0.4, -0.2) is 19.0 Å². The van der Waals surface area contributed by atoms with Crippen LogP contribution >= 0.6 is 34.2 Å². The van der Waals surface area contributed by atoms with E-state index in [4.69, 9.17) is 11.6 Å². The van der Waals surface area contributed by atoms with Gasteiger partial charge in [-0.15, -0.1) is 0 Å². The standard InChI is InChI=1S/C10H12ClIN2O/c1-7(15)13-4-5-14-10-3-2-8(11)6-9(10)12/h2-3,6,14H,4-5H2,1H3,(H,13,15). The molecule has 1 aromatic carbocycles. The van der Waals surface area contributed by atoms with Crippen molar-refractivity contribution in [2.24, 2.45) is 0 Å². The van der Waals surface area contributed by atoms with Crippen LogP contribution < -0.4 is 10.6 Å². The zero-order valence-electron chi connectivity index (χ0n) is 8.31. The number of hydrogen-bond acceptors (Lipinski definition) is 2. The first kappa shape index (κ1) is 12.6. The number of rotatable bonds is 4. The molecule has 0 heterocycles. The predicted molar refractivity (Wildman–Crippen MR) is 71.3 cm³/mol. The Labute approximate surface area is 108 Å². The number of amides is 1. The van der Waals surface area contributed by atoms with Crippen LogP contribution in [-0.2, 0) is 4.79 Å². The van der Waals surface area contributed by atoms with Crippen molar-refractivity contribution < 1.29 is 4.79 Å². The van der Waals surface area contributed by atoms with Crippen LogP contribution in [0.5, 0.6) is 0 Å². The van der Waals surface area contributed by atoms with Crippen LogP contribution in [0.1, 0.15) is 6.92 Å². The van der Waals surface area contributed by atoms with Crippen LogP contribution in [0.2, 0.25) is 5.02 Å². The minimum atomic E-state index is -0.0115. The Morgan fingerprint density at radius 3 is 2.80 bits per heavy atom. The van der Waals surface area contributed by atoms with Crippen molar-refractivity contribution >= 4 is 45.8 Å². The van der Waals surface area contributed by atoms with Gasteiger partial charge >= 0.3 is 0 Å². The topological polar surface area (TPSA) is 41.1 Å². The summed E-state index contributed by atoms with van der Waals surface area (Å²) in [6.07, 6.45) is 0. The lowest BCUT2D eigenvalue weighted by atomic mass is 10.3. The summed E-state index contributed by atoms with van der Waals surface area (Å²) in [7, 11) is 0. The Kier molecular flexibility index (Phi) is 5.17. The van der Waals surface area contributed by atoms with Crippen LogP contribution in [0, 0.1) is 3.57 Å². The van der Waals surface area contributed by atoms with E-state index in [1.54, 1.807) is 0 Å². The maximum Gasteiger partial charge on any atom is 0.216 e. The summed E-state index contributed by atoms with van der Waals surface area (Å²) in [5, 5.41) is 6.66. The number of hydrogen-bond donors (Lipinski definition) is 2. The molecule has 15 heavy (non-hydrogen) atoms. The molecule has 1 aromatic rings. The van der Waals surface area contributed by atoms with E-state index in [1.165, 1.54) is 6.92 Å². The van der Waals surface area contributed by atoms with E-state index in [2.05, 4.69) is 33.2 Å². The quantitative estimate of drug-likeness (QED) is 0.654. The van der Waals surface area contributed by atoms with Crippen molar-refractivity contribution in [3.63, 3.8) is 0 Å². The summed E-state index contributed by atoms with van der Waals surface area (Å²) in [5.74, 6) is -0.0115. The molecular weight excluding hydrogens is 326 g/mol. The predicted octanol–water partition coefficient (Wildman–Crippen LogP) is 2.49. The smallest absolute Gasteiger partial charge is 0.216 e. The van der Waals surface area contributed by atoms with Gasteiger partial charge in [-0.05, 0) is 40.8 Å². The third-order valence-electron chi connectivity index (χ3n) is 1.75. The van der Waals surface area contributed by atoms with Crippen molar-refractivity contribution in [2.45, 2.75) is 6.92 Å².